The number of hydrogen-bond donors (Lipinski definition) is 0. The van der Waals surface area contributed by atoms with Gasteiger partial charge in [-0.1, -0.05) is 30.3 Å². The highest BCUT2D eigenvalue weighted by atomic mass is 16.5. The smallest absolute Gasteiger partial charge is 0.228 e. The van der Waals surface area contributed by atoms with Crippen LogP contribution in [-0.4, -0.2) is 48.8 Å². The van der Waals surface area contributed by atoms with E-state index in [1.165, 1.54) is 5.56 Å². The van der Waals surface area contributed by atoms with Crippen molar-refractivity contribution in [3.63, 3.8) is 0 Å². The van der Waals surface area contributed by atoms with Gasteiger partial charge in [0.25, 0.3) is 0 Å². The predicted octanol–water partition coefficient (Wildman–Crippen LogP) is 2.41. The van der Waals surface area contributed by atoms with Crippen LogP contribution in [0.1, 0.15) is 31.2 Å². The topological polar surface area (TPSA) is 38.8 Å². The van der Waals surface area contributed by atoms with Crippen molar-refractivity contribution in [2.45, 2.75) is 50.4 Å². The first-order valence-corrected chi connectivity index (χ1v) is 8.89. The van der Waals surface area contributed by atoms with E-state index in [2.05, 4.69) is 29.2 Å². The Labute approximate surface area is 137 Å². The van der Waals surface area contributed by atoms with Gasteiger partial charge in [-0.3, -0.25) is 4.79 Å². The van der Waals surface area contributed by atoms with Gasteiger partial charge in [-0.05, 0) is 37.7 Å². The molecule has 0 aliphatic carbocycles. The molecule has 124 valence electrons. The molecule has 0 unspecified atom stereocenters. The van der Waals surface area contributed by atoms with Crippen LogP contribution in [0, 0.1) is 5.92 Å². The van der Waals surface area contributed by atoms with Crippen molar-refractivity contribution in [3.05, 3.63) is 35.9 Å². The fourth-order valence-corrected chi connectivity index (χ4v) is 4.25. The monoisotopic (exact) mass is 315 g/mol. The molecule has 3 aliphatic rings. The Hall–Kier alpha value is -1.39. The largest absolute Gasteiger partial charge is 0.379 e. The molecule has 0 spiro atoms. The van der Waals surface area contributed by atoms with E-state index < -0.39 is 0 Å². The molecule has 3 aliphatic heterocycles. The molecule has 1 aromatic carbocycles. The Morgan fingerprint density at radius 2 is 2.04 bits per heavy atom. The number of carbonyl (C=O) groups excluding carboxylic acids is 1. The van der Waals surface area contributed by atoms with E-state index in [1.807, 2.05) is 6.07 Å². The fourth-order valence-electron chi connectivity index (χ4n) is 4.25. The first-order valence-electron chi connectivity index (χ1n) is 8.89. The van der Waals surface area contributed by atoms with E-state index in [4.69, 9.17) is 9.47 Å². The summed E-state index contributed by atoms with van der Waals surface area (Å²) in [6.07, 6.45) is 5.45. The third-order valence-corrected chi connectivity index (χ3v) is 5.54. The molecule has 23 heavy (non-hydrogen) atoms. The van der Waals surface area contributed by atoms with Crippen LogP contribution >= 0.6 is 0 Å². The zero-order valence-corrected chi connectivity index (χ0v) is 13.5. The molecular formula is C19H25NO3. The van der Waals surface area contributed by atoms with Crippen LogP contribution in [-0.2, 0) is 20.7 Å². The third-order valence-electron chi connectivity index (χ3n) is 5.54. The normalized spacial score (nSPS) is 32.3. The Kier molecular flexibility index (Phi) is 4.36. The van der Waals surface area contributed by atoms with Crippen LogP contribution in [0.15, 0.2) is 30.3 Å². The number of amides is 1. The molecule has 2 bridgehead atoms. The molecule has 4 heteroatoms. The van der Waals surface area contributed by atoms with E-state index >= 15 is 0 Å². The lowest BCUT2D eigenvalue weighted by Crippen LogP contribution is -2.47. The second-order valence-electron chi connectivity index (χ2n) is 7.00. The van der Waals surface area contributed by atoms with Crippen LogP contribution in [0.5, 0.6) is 0 Å². The SMILES string of the molecule is O=C([C@H]1C[C@H]2CC[C@H]1O2)N(CCc1ccccc1)[C@@H]1CCOC1. The molecule has 3 heterocycles. The minimum Gasteiger partial charge on any atom is -0.379 e. The van der Waals surface area contributed by atoms with Gasteiger partial charge in [0.2, 0.25) is 5.91 Å². The number of fused-ring (bicyclic) bond motifs is 2. The van der Waals surface area contributed by atoms with Gasteiger partial charge in [0.05, 0.1) is 30.8 Å². The molecule has 1 aromatic rings. The van der Waals surface area contributed by atoms with E-state index in [0.29, 0.717) is 18.6 Å². The van der Waals surface area contributed by atoms with Gasteiger partial charge in [-0.25, -0.2) is 0 Å². The van der Waals surface area contributed by atoms with Crippen molar-refractivity contribution < 1.29 is 14.3 Å². The minimum atomic E-state index is 0.0742. The van der Waals surface area contributed by atoms with Gasteiger partial charge < -0.3 is 14.4 Å². The van der Waals surface area contributed by atoms with Crippen molar-refractivity contribution in [3.8, 4) is 0 Å². The second kappa shape index (κ2) is 6.62. The lowest BCUT2D eigenvalue weighted by atomic mass is 9.87. The molecule has 0 N–H and O–H groups in total. The van der Waals surface area contributed by atoms with E-state index in [-0.39, 0.29) is 18.1 Å². The fraction of sp³-hybridized carbons (Fsp3) is 0.632. The Morgan fingerprint density at radius 1 is 1.17 bits per heavy atom. The molecule has 0 saturated carbocycles. The summed E-state index contributed by atoms with van der Waals surface area (Å²) in [4.78, 5) is 15.2. The van der Waals surface area contributed by atoms with E-state index in [0.717, 1.165) is 45.3 Å². The summed E-state index contributed by atoms with van der Waals surface area (Å²) < 4.78 is 11.4. The van der Waals surface area contributed by atoms with Crippen molar-refractivity contribution >= 4 is 5.91 Å². The summed E-state index contributed by atoms with van der Waals surface area (Å²) in [6, 6.07) is 10.7. The maximum atomic E-state index is 13.1. The molecule has 3 saturated heterocycles. The average molecular weight is 315 g/mol. The van der Waals surface area contributed by atoms with Crippen LogP contribution in [0.4, 0.5) is 0 Å². The highest BCUT2D eigenvalue weighted by Gasteiger charge is 2.46. The second-order valence-corrected chi connectivity index (χ2v) is 7.00. The number of nitrogens with zero attached hydrogens (tertiary/aromatic N) is 1. The number of ether oxygens (including phenoxy) is 2. The van der Waals surface area contributed by atoms with Gasteiger partial charge in [-0.2, -0.15) is 0 Å². The zero-order valence-electron chi connectivity index (χ0n) is 13.5. The van der Waals surface area contributed by atoms with Crippen LogP contribution in [0.25, 0.3) is 0 Å². The van der Waals surface area contributed by atoms with E-state index in [9.17, 15) is 4.79 Å². The highest BCUT2D eigenvalue weighted by Crippen LogP contribution is 2.40. The van der Waals surface area contributed by atoms with Gasteiger partial charge in [0.15, 0.2) is 0 Å². The summed E-state index contributed by atoms with van der Waals surface area (Å²) >= 11 is 0. The highest BCUT2D eigenvalue weighted by molar-refractivity contribution is 5.80. The predicted molar refractivity (Wildman–Crippen MR) is 87.1 cm³/mol. The Bertz CT molecular complexity index is 541. The third kappa shape index (κ3) is 3.15. The molecule has 0 aromatic heterocycles. The molecule has 3 fully saturated rings. The molecule has 4 atom stereocenters. The first-order chi connectivity index (χ1) is 11.3. The number of hydrogen-bond acceptors (Lipinski definition) is 3. The molecule has 1 amide bonds. The van der Waals surface area contributed by atoms with Gasteiger partial charge in [-0.15, -0.1) is 0 Å². The number of carbonyl (C=O) groups is 1. The van der Waals surface area contributed by atoms with Crippen molar-refractivity contribution in [1.29, 1.82) is 0 Å². The van der Waals surface area contributed by atoms with Crippen molar-refractivity contribution in [2.75, 3.05) is 19.8 Å². The van der Waals surface area contributed by atoms with Crippen LogP contribution < -0.4 is 0 Å². The van der Waals surface area contributed by atoms with Gasteiger partial charge >= 0.3 is 0 Å². The van der Waals surface area contributed by atoms with Gasteiger partial charge in [0.1, 0.15) is 0 Å². The summed E-state index contributed by atoms with van der Waals surface area (Å²) in [5, 5.41) is 0. The molecule has 4 rings (SSSR count). The van der Waals surface area contributed by atoms with E-state index in [1.54, 1.807) is 0 Å². The summed E-state index contributed by atoms with van der Waals surface area (Å²) in [7, 11) is 0. The van der Waals surface area contributed by atoms with Crippen LogP contribution in [0.3, 0.4) is 0 Å². The van der Waals surface area contributed by atoms with Gasteiger partial charge in [0, 0.05) is 13.2 Å². The Balaban J connectivity index is 1.45. The lowest BCUT2D eigenvalue weighted by molar-refractivity contribution is -0.139. The number of benzene rings is 1. The maximum absolute atomic E-state index is 13.1. The summed E-state index contributed by atoms with van der Waals surface area (Å²) in [5.41, 5.74) is 1.29. The summed E-state index contributed by atoms with van der Waals surface area (Å²) in [6.45, 7) is 2.24. The quantitative estimate of drug-likeness (QED) is 0.837. The standard InChI is InChI=1S/C19H25NO3/c21-19(17-12-16-6-7-18(17)23-16)20(15-9-11-22-13-15)10-8-14-4-2-1-3-5-14/h1-5,15-18H,6-13H2/t15-,16-,17+,18-/m1/s1. The van der Waals surface area contributed by atoms with Crippen LogP contribution in [0.2, 0.25) is 0 Å². The lowest BCUT2D eigenvalue weighted by Gasteiger charge is -2.32. The average Bonchev–Trinajstić information content (AvgIpc) is 3.33. The maximum Gasteiger partial charge on any atom is 0.228 e. The molecule has 0 radical (unpaired) electrons. The minimum absolute atomic E-state index is 0.0742. The molecule has 4 nitrogen and oxygen atoms in total. The zero-order chi connectivity index (χ0) is 15.6. The van der Waals surface area contributed by atoms with Crippen molar-refractivity contribution in [2.24, 2.45) is 5.92 Å². The molecular weight excluding hydrogens is 290 g/mol. The van der Waals surface area contributed by atoms with Crippen molar-refractivity contribution in [1.82, 2.24) is 4.90 Å². The number of rotatable bonds is 5. The Morgan fingerprint density at radius 3 is 2.70 bits per heavy atom. The first kappa shape index (κ1) is 15.2. The summed E-state index contributed by atoms with van der Waals surface area (Å²) in [5.74, 6) is 0.369.